The molecule has 0 spiro atoms. The van der Waals surface area contributed by atoms with Crippen LogP contribution in [0.15, 0.2) is 119 Å². The van der Waals surface area contributed by atoms with Crippen molar-refractivity contribution in [2.45, 2.75) is 64.6 Å². The van der Waals surface area contributed by atoms with Crippen LogP contribution in [-0.2, 0) is 12.8 Å². The molecular formula is C52H53N11O2. The molecular weight excluding hydrogens is 811 g/mol. The molecule has 4 aliphatic rings. The van der Waals surface area contributed by atoms with Crippen LogP contribution in [0.25, 0.3) is 27.3 Å². The Morgan fingerprint density at radius 3 is 1.89 bits per heavy atom. The van der Waals surface area contributed by atoms with Gasteiger partial charge in [-0.3, -0.25) is 15.0 Å². The molecule has 0 unspecified atom stereocenters. The molecule has 2 saturated heterocycles. The number of rotatable bonds is 5. The summed E-state index contributed by atoms with van der Waals surface area (Å²) in [5.74, 6) is 1.25. The second-order valence-electron chi connectivity index (χ2n) is 17.2. The number of pyridine rings is 2. The molecule has 3 aromatic heterocycles. The lowest BCUT2D eigenvalue weighted by molar-refractivity contribution is 0.145. The number of aryl methyl sites for hydroxylation is 2. The Hall–Kier alpha value is -7.40. The number of hydrogen-bond acceptors (Lipinski definition) is 11. The molecule has 0 saturated carbocycles. The number of imidazole rings is 1. The third-order valence-electron chi connectivity index (χ3n) is 12.4. The van der Waals surface area contributed by atoms with E-state index in [-0.39, 0.29) is 12.2 Å². The van der Waals surface area contributed by atoms with Crippen molar-refractivity contribution in [2.24, 2.45) is 9.98 Å². The Morgan fingerprint density at radius 2 is 1.23 bits per heavy atom. The van der Waals surface area contributed by atoms with E-state index in [0.29, 0.717) is 17.2 Å². The van der Waals surface area contributed by atoms with E-state index in [1.165, 1.54) is 27.9 Å². The van der Waals surface area contributed by atoms with Crippen LogP contribution in [0.4, 0.5) is 39.9 Å². The number of H-pyrrole nitrogens is 1. The first-order valence-corrected chi connectivity index (χ1v) is 22.2. The van der Waals surface area contributed by atoms with Crippen LogP contribution in [0, 0.1) is 20.4 Å². The number of aliphatic imine (C=N–C) groups is 2. The quantitative estimate of drug-likeness (QED) is 0.0833. The molecule has 0 atom stereocenters. The second kappa shape index (κ2) is 18.8. The summed E-state index contributed by atoms with van der Waals surface area (Å²) in [5, 5.41) is 19.4. The van der Waals surface area contributed by atoms with Gasteiger partial charge in [0.25, 0.3) is 5.82 Å². The highest BCUT2D eigenvalue weighted by molar-refractivity contribution is 6.09. The molecule has 7 aromatic rings. The SMILES string of the molecule is Cc1ccnc(C2=Nc3ccc(C4=Nc5ccc(N6CCC(O)CC6)cc5C4)cc3C2)c1.Nc1ccc(-c2nc3ccc(N4CCC(O)CC4)cc3[nH]2)cc1N.[C-]#[N+]c1cc(C)ccn1. The first kappa shape index (κ1) is 42.9. The second-order valence-corrected chi connectivity index (χ2v) is 17.2. The molecule has 7 heterocycles. The molecule has 2 fully saturated rings. The number of nitrogens with one attached hydrogen (secondary N) is 1. The summed E-state index contributed by atoms with van der Waals surface area (Å²) >= 11 is 0. The largest absolute Gasteiger partial charge is 0.397 e. The number of hydrogen-bond donors (Lipinski definition) is 5. The van der Waals surface area contributed by atoms with E-state index in [4.69, 9.17) is 28.0 Å². The third kappa shape index (κ3) is 9.89. The molecule has 4 aliphatic heterocycles. The maximum absolute atomic E-state index is 9.79. The van der Waals surface area contributed by atoms with Crippen molar-refractivity contribution in [3.63, 3.8) is 0 Å². The fourth-order valence-corrected chi connectivity index (χ4v) is 8.66. The summed E-state index contributed by atoms with van der Waals surface area (Å²) in [5.41, 5.74) is 29.2. The maximum Gasteiger partial charge on any atom is 0.269 e. The highest BCUT2D eigenvalue weighted by Gasteiger charge is 2.24. The minimum atomic E-state index is -0.167. The monoisotopic (exact) mass is 863 g/mol. The summed E-state index contributed by atoms with van der Waals surface area (Å²) in [6, 6.07) is 32.6. The van der Waals surface area contributed by atoms with Gasteiger partial charge in [0.15, 0.2) is 0 Å². The molecule has 0 amide bonds. The Kier molecular flexibility index (Phi) is 12.4. The zero-order valence-electron chi connectivity index (χ0n) is 36.7. The van der Waals surface area contributed by atoms with Crippen molar-refractivity contribution in [2.75, 3.05) is 47.4 Å². The predicted octanol–water partition coefficient (Wildman–Crippen LogP) is 9.00. The van der Waals surface area contributed by atoms with E-state index in [1.807, 2.05) is 43.5 Å². The average molecular weight is 864 g/mol. The molecule has 13 heteroatoms. The first-order chi connectivity index (χ1) is 31.5. The van der Waals surface area contributed by atoms with Gasteiger partial charge >= 0.3 is 0 Å². The van der Waals surface area contributed by atoms with Crippen LogP contribution in [0.3, 0.4) is 0 Å². The Balaban J connectivity index is 0.000000142. The number of aliphatic hydroxyl groups excluding tert-OH is 2. The van der Waals surface area contributed by atoms with Crippen molar-refractivity contribution in [1.29, 1.82) is 0 Å². The van der Waals surface area contributed by atoms with Crippen LogP contribution >= 0.6 is 0 Å². The highest BCUT2D eigenvalue weighted by Crippen LogP contribution is 2.36. The van der Waals surface area contributed by atoms with Gasteiger partial charge in [-0.1, -0.05) is 18.2 Å². The highest BCUT2D eigenvalue weighted by atomic mass is 16.3. The number of nitrogen functional groups attached to an aromatic ring is 2. The van der Waals surface area contributed by atoms with Gasteiger partial charge in [0.2, 0.25) is 0 Å². The Morgan fingerprint density at radius 1 is 0.631 bits per heavy atom. The summed E-state index contributed by atoms with van der Waals surface area (Å²) in [6.07, 6.45) is 8.16. The smallest absolute Gasteiger partial charge is 0.269 e. The van der Waals surface area contributed by atoms with Gasteiger partial charge in [-0.25, -0.2) is 4.98 Å². The van der Waals surface area contributed by atoms with Gasteiger partial charge in [-0.2, -0.15) is 0 Å². The fourth-order valence-electron chi connectivity index (χ4n) is 8.66. The lowest BCUT2D eigenvalue weighted by Crippen LogP contribution is -2.35. The number of nitrogens with two attached hydrogens (primary N) is 2. The minimum absolute atomic E-state index is 0.151. The average Bonchev–Trinajstić information content (AvgIpc) is 4.07. The number of anilines is 4. The predicted molar refractivity (Wildman–Crippen MR) is 262 cm³/mol. The standard InChI is InChI=1S/C27H26N4O.C18H21N5O.C7H6N2/c1-17-6-9-28-26(12-17)27-16-19-13-18(2-4-23(19)30-27)25-15-20-14-21(3-5-24(20)29-25)31-10-7-22(32)8-11-31;19-14-3-1-11(9-15(14)20)18-21-16-4-2-12(10-17(16)22-18)23-7-5-13(24)6-8-23;1-6-3-4-9-7(5-6)8-2/h2-6,9,12-14,22,32H,7-8,10-11,15-16H2,1H3;1-4,9-10,13,24H,5-8,19-20H2,(H,21,22);3-5H,1H3. The number of aromatic nitrogens is 4. The minimum Gasteiger partial charge on any atom is -0.397 e. The number of nitrogens with zero attached hydrogens (tertiary/aromatic N) is 8. The fraction of sp³-hybridized carbons (Fsp3) is 0.269. The van der Waals surface area contributed by atoms with Crippen molar-refractivity contribution < 1.29 is 10.2 Å². The summed E-state index contributed by atoms with van der Waals surface area (Å²) in [7, 11) is 0. The van der Waals surface area contributed by atoms with Crippen molar-refractivity contribution in [3.8, 4) is 11.4 Å². The van der Waals surface area contributed by atoms with Crippen molar-refractivity contribution in [3.05, 3.63) is 154 Å². The van der Waals surface area contributed by atoms with Gasteiger partial charge in [-0.05, 0) is 153 Å². The number of fused-ring (bicyclic) bond motifs is 3. The van der Waals surface area contributed by atoms with Gasteiger partial charge in [-0.15, -0.1) is 4.98 Å². The molecule has 13 nitrogen and oxygen atoms in total. The van der Waals surface area contributed by atoms with Crippen LogP contribution in [-0.4, -0.2) is 80.0 Å². The van der Waals surface area contributed by atoms with E-state index in [9.17, 15) is 10.2 Å². The summed E-state index contributed by atoms with van der Waals surface area (Å²) in [6.45, 7) is 14.2. The molecule has 4 aromatic carbocycles. The maximum atomic E-state index is 9.79. The van der Waals surface area contributed by atoms with Gasteiger partial charge in [0, 0.05) is 62.2 Å². The molecule has 0 radical (unpaired) electrons. The summed E-state index contributed by atoms with van der Waals surface area (Å²) < 4.78 is 0. The molecule has 0 bridgehead atoms. The van der Waals surface area contributed by atoms with Crippen LogP contribution in [0.1, 0.15) is 59.2 Å². The van der Waals surface area contributed by atoms with Gasteiger partial charge in [0.1, 0.15) is 12.0 Å². The molecule has 7 N–H and O–H groups in total. The van der Waals surface area contributed by atoms with Crippen LogP contribution < -0.4 is 21.3 Å². The normalized spacial score (nSPS) is 15.8. The number of benzene rings is 4. The molecule has 328 valence electrons. The molecule has 65 heavy (non-hydrogen) atoms. The Labute approximate surface area is 379 Å². The summed E-state index contributed by atoms with van der Waals surface area (Å²) in [4.78, 5) is 33.9. The first-order valence-electron chi connectivity index (χ1n) is 22.2. The van der Waals surface area contributed by atoms with Gasteiger partial charge in [0.05, 0.1) is 63.1 Å². The number of aromatic amines is 1. The van der Waals surface area contributed by atoms with E-state index in [2.05, 4.69) is 96.1 Å². The molecule has 11 rings (SSSR count). The van der Waals surface area contributed by atoms with Gasteiger partial charge < -0.3 is 41.3 Å². The Bertz CT molecular complexity index is 2970. The van der Waals surface area contributed by atoms with Crippen molar-refractivity contribution >= 4 is 62.4 Å². The zero-order chi connectivity index (χ0) is 45.0. The van der Waals surface area contributed by atoms with E-state index in [1.54, 1.807) is 18.3 Å². The third-order valence-corrected chi connectivity index (χ3v) is 12.4. The van der Waals surface area contributed by atoms with E-state index in [0.717, 1.165) is 127 Å². The lowest BCUT2D eigenvalue weighted by atomic mass is 9.99. The number of piperidine rings is 2. The molecule has 0 aliphatic carbocycles. The van der Waals surface area contributed by atoms with Crippen molar-refractivity contribution in [1.82, 2.24) is 19.9 Å². The van der Waals surface area contributed by atoms with E-state index >= 15 is 0 Å². The topological polar surface area (TPSA) is 183 Å². The van der Waals surface area contributed by atoms with Crippen LogP contribution in [0.5, 0.6) is 0 Å². The van der Waals surface area contributed by atoms with Crippen LogP contribution in [0.2, 0.25) is 0 Å². The number of aliphatic hydroxyl groups is 2. The zero-order valence-corrected chi connectivity index (χ0v) is 36.7. The lowest BCUT2D eigenvalue weighted by Gasteiger charge is -2.31. The van der Waals surface area contributed by atoms with E-state index < -0.39 is 0 Å².